The van der Waals surface area contributed by atoms with Gasteiger partial charge in [-0.3, -0.25) is 10.5 Å². The first-order chi connectivity index (χ1) is 5.91. The molecule has 0 aliphatic carbocycles. The van der Waals surface area contributed by atoms with Crippen molar-refractivity contribution in [1.29, 1.82) is 0 Å². The zero-order valence-corrected chi connectivity index (χ0v) is 6.74. The van der Waals surface area contributed by atoms with Gasteiger partial charge in [0.1, 0.15) is 18.3 Å². The van der Waals surface area contributed by atoms with Gasteiger partial charge in [-0.2, -0.15) is 0 Å². The molecule has 13 heavy (non-hydrogen) atoms. The van der Waals surface area contributed by atoms with Crippen molar-refractivity contribution in [3.05, 3.63) is 0 Å². The summed E-state index contributed by atoms with van der Waals surface area (Å²) >= 11 is 0. The van der Waals surface area contributed by atoms with E-state index in [4.69, 9.17) is 31.3 Å². The van der Waals surface area contributed by atoms with Crippen LogP contribution in [0.1, 0.15) is 0 Å². The number of hydrogen-bond acceptors (Lipinski definition) is 7. The predicted molar refractivity (Wildman–Crippen MR) is 40.3 cm³/mol. The highest BCUT2D eigenvalue weighted by Gasteiger charge is 2.32. The highest BCUT2D eigenvalue weighted by atomic mass is 16.4. The van der Waals surface area contributed by atoms with E-state index in [0.29, 0.717) is 0 Å². The Labute approximate surface area is 74.0 Å². The Morgan fingerprint density at radius 3 is 2.00 bits per heavy atom. The summed E-state index contributed by atoms with van der Waals surface area (Å²) in [7, 11) is 0. The Balaban J connectivity index is 4.24. The van der Waals surface area contributed by atoms with Crippen LogP contribution in [0.3, 0.4) is 0 Å². The first kappa shape index (κ1) is 12.4. The molecule has 0 aliphatic rings. The van der Waals surface area contributed by atoms with Crippen molar-refractivity contribution in [3.8, 4) is 0 Å². The molecule has 0 aromatic heterocycles. The van der Waals surface area contributed by atoms with Crippen molar-refractivity contribution in [3.63, 3.8) is 0 Å². The third kappa shape index (κ3) is 3.35. The molecule has 0 aliphatic heterocycles. The predicted octanol–water partition coefficient (Wildman–Crippen LogP) is -4.09. The minimum atomic E-state index is -2.01. The lowest BCUT2D eigenvalue weighted by atomic mass is 10.0. The van der Waals surface area contributed by atoms with Crippen LogP contribution < -0.4 is 5.73 Å². The summed E-state index contributed by atoms with van der Waals surface area (Å²) in [5, 5.41) is 43.6. The van der Waals surface area contributed by atoms with Crippen LogP contribution in [0.25, 0.3) is 0 Å². The topological polar surface area (TPSA) is 144 Å². The Morgan fingerprint density at radius 2 is 1.69 bits per heavy atom. The molecule has 0 aromatic rings. The summed E-state index contributed by atoms with van der Waals surface area (Å²) < 4.78 is 0. The fourth-order valence-corrected chi connectivity index (χ4v) is 0.662. The molecule has 7 N–H and O–H groups in total. The van der Waals surface area contributed by atoms with Crippen LogP contribution in [-0.2, 0) is 4.79 Å². The minimum absolute atomic E-state index is 0.813. The summed E-state index contributed by atoms with van der Waals surface area (Å²) in [5.74, 6) is -1.22. The quantitative estimate of drug-likeness (QED) is 0.245. The molecule has 0 rings (SSSR count). The van der Waals surface area contributed by atoms with Crippen molar-refractivity contribution in [2.45, 2.75) is 24.5 Å². The molecule has 0 saturated heterocycles. The van der Waals surface area contributed by atoms with Gasteiger partial charge >= 0.3 is 0 Å². The molecule has 0 radical (unpaired) electrons. The van der Waals surface area contributed by atoms with Crippen molar-refractivity contribution in [2.75, 3.05) is 6.61 Å². The molecule has 0 spiro atoms. The molecule has 1 unspecified atom stereocenters. The van der Waals surface area contributed by atoms with Crippen LogP contribution in [0, 0.1) is 0 Å². The third-order valence-corrected chi connectivity index (χ3v) is 1.49. The van der Waals surface area contributed by atoms with E-state index < -0.39 is 36.9 Å². The highest BCUT2D eigenvalue weighted by Crippen LogP contribution is 2.02. The number of aliphatic hydroxyl groups excluding tert-OH is 5. The van der Waals surface area contributed by atoms with Gasteiger partial charge in [0.2, 0.25) is 5.78 Å². The first-order valence-electron chi connectivity index (χ1n) is 3.54. The number of aliphatic hydroxyl groups is 5. The molecule has 0 fully saturated rings. The summed E-state index contributed by atoms with van der Waals surface area (Å²) in [5.41, 5.74) is 4.71. The van der Waals surface area contributed by atoms with E-state index in [1.807, 2.05) is 0 Å². The van der Waals surface area contributed by atoms with Crippen LogP contribution in [-0.4, -0.2) is 62.5 Å². The van der Waals surface area contributed by atoms with Gasteiger partial charge in [0.15, 0.2) is 6.23 Å². The normalized spacial score (nSPS) is 20.5. The highest BCUT2D eigenvalue weighted by molar-refractivity contribution is 5.86. The Morgan fingerprint density at radius 1 is 1.23 bits per heavy atom. The fourth-order valence-electron chi connectivity index (χ4n) is 0.662. The van der Waals surface area contributed by atoms with Crippen LogP contribution in [0.5, 0.6) is 0 Å². The summed E-state index contributed by atoms with van der Waals surface area (Å²) in [6.07, 6.45) is -7.45. The number of ketones is 1. The summed E-state index contributed by atoms with van der Waals surface area (Å²) in [4.78, 5) is 10.7. The van der Waals surface area contributed by atoms with Gasteiger partial charge in [-0.15, -0.1) is 0 Å². The molecule has 4 atom stereocenters. The third-order valence-electron chi connectivity index (χ3n) is 1.49. The maximum atomic E-state index is 10.7. The van der Waals surface area contributed by atoms with Crippen molar-refractivity contribution >= 4 is 5.78 Å². The number of Topliss-reactive ketones (excluding diaryl/α,β-unsaturated/α-hetero) is 1. The minimum Gasteiger partial charge on any atom is -0.394 e. The number of carbonyl (C=O) groups excluding carboxylic acids is 1. The standard InChI is InChI=1S/C6H13NO6/c7-6(13)5(12)4(11)3(10)2(9)1-8/h2-4,6,8-11,13H,1,7H2/t2-,3-,4+,6?/m1/s1. The van der Waals surface area contributed by atoms with Gasteiger partial charge in [-0.05, 0) is 0 Å². The second-order valence-electron chi connectivity index (χ2n) is 2.53. The number of nitrogens with two attached hydrogens (primary N) is 1. The van der Waals surface area contributed by atoms with E-state index in [-0.39, 0.29) is 0 Å². The number of hydrogen-bond donors (Lipinski definition) is 6. The molecule has 0 saturated carbocycles. The Kier molecular flexibility index (Phi) is 4.99. The Hall–Kier alpha value is -0.570. The zero-order valence-electron chi connectivity index (χ0n) is 6.74. The molecule has 0 heterocycles. The number of carbonyl (C=O) groups is 1. The van der Waals surface area contributed by atoms with Crippen LogP contribution in [0.2, 0.25) is 0 Å². The summed E-state index contributed by atoms with van der Waals surface area (Å²) in [6, 6.07) is 0. The number of rotatable bonds is 5. The van der Waals surface area contributed by atoms with Crippen LogP contribution in [0.15, 0.2) is 0 Å². The second kappa shape index (κ2) is 5.22. The van der Waals surface area contributed by atoms with Gasteiger partial charge < -0.3 is 25.5 Å². The lowest BCUT2D eigenvalue weighted by molar-refractivity contribution is -0.148. The van der Waals surface area contributed by atoms with Gasteiger partial charge in [0, 0.05) is 0 Å². The van der Waals surface area contributed by atoms with Crippen LogP contribution in [0.4, 0.5) is 0 Å². The van der Waals surface area contributed by atoms with Crippen LogP contribution >= 0.6 is 0 Å². The van der Waals surface area contributed by atoms with E-state index in [9.17, 15) is 4.79 Å². The molecule has 0 aromatic carbocycles. The van der Waals surface area contributed by atoms with Crippen molar-refractivity contribution < 1.29 is 30.3 Å². The average Bonchev–Trinajstić information content (AvgIpc) is 2.12. The molecule has 7 heteroatoms. The molecular weight excluding hydrogens is 182 g/mol. The Bertz CT molecular complexity index is 173. The fraction of sp³-hybridized carbons (Fsp3) is 0.833. The monoisotopic (exact) mass is 195 g/mol. The SMILES string of the molecule is NC(O)C(=O)[C@@H](O)[C@H](O)[C@H](O)CO. The van der Waals surface area contributed by atoms with Gasteiger partial charge in [0.25, 0.3) is 0 Å². The van der Waals surface area contributed by atoms with E-state index in [1.54, 1.807) is 0 Å². The molecular formula is C6H13NO6. The van der Waals surface area contributed by atoms with Gasteiger partial charge in [0.05, 0.1) is 6.61 Å². The van der Waals surface area contributed by atoms with E-state index in [0.717, 1.165) is 0 Å². The maximum absolute atomic E-state index is 10.7. The van der Waals surface area contributed by atoms with Gasteiger partial charge in [-0.1, -0.05) is 0 Å². The van der Waals surface area contributed by atoms with Crippen molar-refractivity contribution in [1.82, 2.24) is 0 Å². The lowest BCUT2D eigenvalue weighted by Gasteiger charge is -2.20. The molecule has 0 amide bonds. The zero-order chi connectivity index (χ0) is 10.6. The summed E-state index contributed by atoms with van der Waals surface area (Å²) in [6.45, 7) is -0.813. The van der Waals surface area contributed by atoms with Crippen molar-refractivity contribution in [2.24, 2.45) is 5.73 Å². The van der Waals surface area contributed by atoms with E-state index >= 15 is 0 Å². The first-order valence-corrected chi connectivity index (χ1v) is 3.54. The molecule has 0 bridgehead atoms. The second-order valence-corrected chi connectivity index (χ2v) is 2.53. The molecule has 7 nitrogen and oxygen atoms in total. The average molecular weight is 195 g/mol. The maximum Gasteiger partial charge on any atom is 0.206 e. The smallest absolute Gasteiger partial charge is 0.206 e. The largest absolute Gasteiger partial charge is 0.394 e. The van der Waals surface area contributed by atoms with E-state index in [2.05, 4.69) is 0 Å². The molecule has 78 valence electrons. The van der Waals surface area contributed by atoms with E-state index in [1.165, 1.54) is 0 Å². The van der Waals surface area contributed by atoms with Gasteiger partial charge in [-0.25, -0.2) is 0 Å². The lowest BCUT2D eigenvalue weighted by Crippen LogP contribution is -2.49.